The van der Waals surface area contributed by atoms with E-state index in [1.54, 1.807) is 0 Å². The monoisotopic (exact) mass is 1460 g/mol. The number of ether oxygens (including phenoxy) is 2. The third-order valence-corrected chi connectivity index (χ3v) is 18.3. The molecule has 0 aliphatic heterocycles. The predicted molar refractivity (Wildman–Crippen MR) is 452 cm³/mol. The third-order valence-electron chi connectivity index (χ3n) is 17.3. The smallest absolute Gasteiger partial charge is 0.306 e. The van der Waals surface area contributed by atoms with Crippen molar-refractivity contribution in [2.24, 2.45) is 0 Å². The van der Waals surface area contributed by atoms with Crippen LogP contribution < -0.4 is 4.89 Å². The minimum absolute atomic E-state index is 0.0413. The number of hydrogen-bond donors (Lipinski definition) is 0. The lowest BCUT2D eigenvalue weighted by Crippen LogP contribution is -2.37. The van der Waals surface area contributed by atoms with Crippen molar-refractivity contribution >= 4 is 19.8 Å². The first-order chi connectivity index (χ1) is 51.0. The van der Waals surface area contributed by atoms with Gasteiger partial charge in [0.05, 0.1) is 27.7 Å². The summed E-state index contributed by atoms with van der Waals surface area (Å²) in [6.07, 6.45) is 128. The number of likely N-dealkylation sites (N-methyl/N-ethyl adjacent to an activating group) is 1. The van der Waals surface area contributed by atoms with Crippen LogP contribution in [0.15, 0.2) is 207 Å². The molecule has 0 aromatic carbocycles. The van der Waals surface area contributed by atoms with Crippen LogP contribution in [0.25, 0.3) is 0 Å². The highest BCUT2D eigenvalue weighted by Gasteiger charge is 2.22. The molecule has 10 heteroatoms. The standard InChI is InChI=1S/C94H154NO8P/c1-6-8-10-12-14-16-18-20-22-24-26-28-30-32-34-36-38-40-42-44-46-47-49-51-53-55-57-59-61-63-65-67-69-71-73-75-77-79-81-83-85-87-94(97)103-92(91-102-104(98,99)101-89-88-95(3,4)5)90-100-93(96)86-84-82-80-78-76-74-72-70-68-66-64-62-60-58-56-54-52-50-48-45-43-41-39-37-35-33-31-29-27-25-23-21-19-17-15-13-11-9-7-2/h8-11,14-17,20-23,26-29,32-35,38-41,44,46,49,51,55,57,61,63,67,69,92H,6-7,12-13,18-19,24-25,30-31,36-37,42-43,45,47-48,50,52-54,56,58-60,62,64-66,68,70-91H2,1-5H3/b10-8-,11-9-,16-14-,17-15-,22-20-,23-21-,28-26-,29-27-,34-32-,35-33-,40-38-,41-39-,46-44-,51-49-,57-55-,63-61-,69-67-. The molecule has 0 saturated heterocycles. The number of carbonyl (C=O) groups excluding carboxylic acids is 2. The van der Waals surface area contributed by atoms with Crippen LogP contribution in [0.2, 0.25) is 0 Å². The number of hydrogen-bond acceptors (Lipinski definition) is 8. The van der Waals surface area contributed by atoms with Gasteiger partial charge < -0.3 is 27.9 Å². The van der Waals surface area contributed by atoms with Crippen molar-refractivity contribution in [3.63, 3.8) is 0 Å². The maximum atomic E-state index is 12.9. The highest BCUT2D eigenvalue weighted by atomic mass is 31.2. The Morgan fingerprint density at radius 3 is 0.769 bits per heavy atom. The molecular weight excluding hydrogens is 1300 g/mol. The Morgan fingerprint density at radius 1 is 0.298 bits per heavy atom. The first kappa shape index (κ1) is 98.6. The van der Waals surface area contributed by atoms with E-state index in [1.807, 2.05) is 21.1 Å². The average molecular weight is 1460 g/mol. The van der Waals surface area contributed by atoms with Gasteiger partial charge in [0, 0.05) is 12.8 Å². The SMILES string of the molecule is CC/C=C\C/C=C\C/C=C\C/C=C\C/C=C\C/C=C\C/C=C\C/C=C\C/C=C\C/C=C\C/C=C\CCCCCCCCCC(=O)OC(COC(=O)CCCCCCCCCCCCCCCCCCCCCC/C=C\C/C=C\C/C=C\C/C=C\C/C=C\C/C=C\CC)COP(=O)([O-])OCC[N+](C)(C)C. The summed E-state index contributed by atoms with van der Waals surface area (Å²) < 4.78 is 34.4. The molecule has 0 heterocycles. The normalized spacial score (nSPS) is 14.1. The van der Waals surface area contributed by atoms with E-state index < -0.39 is 26.5 Å². The van der Waals surface area contributed by atoms with Crippen LogP contribution in [0, 0.1) is 0 Å². The number of esters is 2. The molecule has 588 valence electrons. The number of carbonyl (C=O) groups is 2. The summed E-state index contributed by atoms with van der Waals surface area (Å²) in [5, 5.41) is 0. The quantitative estimate of drug-likeness (QED) is 0.0195. The fourth-order valence-corrected chi connectivity index (χ4v) is 11.7. The van der Waals surface area contributed by atoms with Crippen molar-refractivity contribution < 1.29 is 42.1 Å². The second-order valence-electron chi connectivity index (χ2n) is 28.4. The predicted octanol–water partition coefficient (Wildman–Crippen LogP) is 27.9. The van der Waals surface area contributed by atoms with Crippen molar-refractivity contribution in [3.8, 4) is 0 Å². The Kier molecular flexibility index (Phi) is 77.4. The van der Waals surface area contributed by atoms with Crippen molar-refractivity contribution in [1.29, 1.82) is 0 Å². The van der Waals surface area contributed by atoms with Crippen LogP contribution in [0.4, 0.5) is 0 Å². The number of phosphoric ester groups is 1. The van der Waals surface area contributed by atoms with Gasteiger partial charge in [0.1, 0.15) is 19.8 Å². The summed E-state index contributed by atoms with van der Waals surface area (Å²) >= 11 is 0. The summed E-state index contributed by atoms with van der Waals surface area (Å²) in [7, 11) is 1.14. The van der Waals surface area contributed by atoms with Crippen LogP contribution in [-0.2, 0) is 32.7 Å². The molecule has 0 aromatic heterocycles. The lowest BCUT2D eigenvalue weighted by molar-refractivity contribution is -0.870. The fraction of sp³-hybridized carbons (Fsp3) is 0.617. The van der Waals surface area contributed by atoms with E-state index in [4.69, 9.17) is 18.5 Å². The summed E-state index contributed by atoms with van der Waals surface area (Å²) in [6, 6.07) is 0. The molecule has 0 bridgehead atoms. The molecular formula is C94H154NO8P. The molecule has 0 N–H and O–H groups in total. The van der Waals surface area contributed by atoms with Gasteiger partial charge in [0.25, 0.3) is 7.82 Å². The van der Waals surface area contributed by atoms with Crippen LogP contribution in [-0.4, -0.2) is 70.0 Å². The Hall–Kier alpha value is -5.41. The van der Waals surface area contributed by atoms with E-state index in [0.29, 0.717) is 17.4 Å². The zero-order valence-electron chi connectivity index (χ0n) is 67.1. The van der Waals surface area contributed by atoms with E-state index in [1.165, 1.54) is 128 Å². The van der Waals surface area contributed by atoms with E-state index in [0.717, 1.165) is 161 Å². The second-order valence-corrected chi connectivity index (χ2v) is 29.8. The summed E-state index contributed by atoms with van der Waals surface area (Å²) in [6.45, 7) is 4.00. The summed E-state index contributed by atoms with van der Waals surface area (Å²) in [5.41, 5.74) is 0. The molecule has 0 spiro atoms. The first-order valence-corrected chi connectivity index (χ1v) is 43.3. The molecule has 104 heavy (non-hydrogen) atoms. The Morgan fingerprint density at radius 2 is 0.519 bits per heavy atom. The van der Waals surface area contributed by atoms with Crippen molar-refractivity contribution in [2.45, 2.75) is 328 Å². The van der Waals surface area contributed by atoms with Gasteiger partial charge in [-0.3, -0.25) is 14.2 Å². The summed E-state index contributed by atoms with van der Waals surface area (Å²) in [4.78, 5) is 38.2. The zero-order valence-corrected chi connectivity index (χ0v) is 68.0. The van der Waals surface area contributed by atoms with Crippen molar-refractivity contribution in [3.05, 3.63) is 207 Å². The largest absolute Gasteiger partial charge is 0.756 e. The highest BCUT2D eigenvalue weighted by Crippen LogP contribution is 2.38. The van der Waals surface area contributed by atoms with Crippen molar-refractivity contribution in [2.75, 3.05) is 47.5 Å². The molecule has 2 unspecified atom stereocenters. The van der Waals surface area contributed by atoms with Crippen LogP contribution in [0.1, 0.15) is 322 Å². The molecule has 0 fully saturated rings. The van der Waals surface area contributed by atoms with Gasteiger partial charge in [0.15, 0.2) is 6.10 Å². The van der Waals surface area contributed by atoms with Crippen LogP contribution in [0.5, 0.6) is 0 Å². The van der Waals surface area contributed by atoms with Gasteiger partial charge >= 0.3 is 11.9 Å². The molecule has 0 radical (unpaired) electrons. The first-order valence-electron chi connectivity index (χ1n) is 41.8. The molecule has 0 aliphatic rings. The van der Waals surface area contributed by atoms with Gasteiger partial charge in [-0.25, -0.2) is 0 Å². The molecule has 0 amide bonds. The number of phosphoric acid groups is 1. The molecule has 0 rings (SSSR count). The molecule has 0 aliphatic carbocycles. The third kappa shape index (κ3) is 85.5. The lowest BCUT2D eigenvalue weighted by Gasteiger charge is -2.28. The minimum Gasteiger partial charge on any atom is -0.756 e. The molecule has 9 nitrogen and oxygen atoms in total. The van der Waals surface area contributed by atoms with Gasteiger partial charge in [-0.05, 0) is 148 Å². The number of quaternary nitrogens is 1. The van der Waals surface area contributed by atoms with Crippen LogP contribution >= 0.6 is 7.82 Å². The molecule has 0 aromatic rings. The number of rotatable bonds is 75. The average Bonchev–Trinajstić information content (AvgIpc) is 0.920. The van der Waals surface area contributed by atoms with E-state index in [2.05, 4.69) is 220 Å². The second kappa shape index (κ2) is 81.7. The van der Waals surface area contributed by atoms with Crippen molar-refractivity contribution in [1.82, 2.24) is 0 Å². The Labute approximate surface area is 640 Å². The topological polar surface area (TPSA) is 111 Å². The van der Waals surface area contributed by atoms with E-state index in [-0.39, 0.29) is 32.0 Å². The molecule has 0 saturated carbocycles. The van der Waals surface area contributed by atoms with Gasteiger partial charge in [0.2, 0.25) is 0 Å². The van der Waals surface area contributed by atoms with Crippen LogP contribution in [0.3, 0.4) is 0 Å². The van der Waals surface area contributed by atoms with E-state index in [9.17, 15) is 19.0 Å². The maximum absolute atomic E-state index is 12.9. The maximum Gasteiger partial charge on any atom is 0.306 e. The number of unbranched alkanes of at least 4 members (excludes halogenated alkanes) is 27. The van der Waals surface area contributed by atoms with Gasteiger partial charge in [-0.1, -0.05) is 368 Å². The number of nitrogens with zero attached hydrogens (tertiary/aromatic N) is 1. The lowest BCUT2D eigenvalue weighted by atomic mass is 10.0. The Balaban J connectivity index is 4.04. The minimum atomic E-state index is -4.66. The molecule has 2 atom stereocenters. The fourth-order valence-electron chi connectivity index (χ4n) is 11.0. The van der Waals surface area contributed by atoms with Gasteiger partial charge in [-0.2, -0.15) is 0 Å². The number of allylic oxidation sites excluding steroid dienone is 34. The van der Waals surface area contributed by atoms with Gasteiger partial charge in [-0.15, -0.1) is 0 Å². The zero-order chi connectivity index (χ0) is 75.4. The highest BCUT2D eigenvalue weighted by molar-refractivity contribution is 7.45. The summed E-state index contributed by atoms with van der Waals surface area (Å²) in [5.74, 6) is -0.848. The van der Waals surface area contributed by atoms with E-state index >= 15 is 0 Å². The Bertz CT molecular complexity index is 2520.